The molecular formula is C18H19Cl2N2O+. The van der Waals surface area contributed by atoms with E-state index < -0.39 is 0 Å². The van der Waals surface area contributed by atoms with Gasteiger partial charge in [-0.1, -0.05) is 47.5 Å². The van der Waals surface area contributed by atoms with Crippen LogP contribution in [-0.4, -0.2) is 18.5 Å². The highest BCUT2D eigenvalue weighted by molar-refractivity contribution is 6.35. The summed E-state index contributed by atoms with van der Waals surface area (Å²) in [4.78, 5) is 13.8. The molecule has 5 heteroatoms. The number of amides is 1. The van der Waals surface area contributed by atoms with Gasteiger partial charge < -0.3 is 10.2 Å². The van der Waals surface area contributed by atoms with Gasteiger partial charge in [0.15, 0.2) is 6.04 Å². The van der Waals surface area contributed by atoms with Crippen LogP contribution >= 0.6 is 23.2 Å². The van der Waals surface area contributed by atoms with Crippen molar-refractivity contribution in [2.45, 2.75) is 25.9 Å². The van der Waals surface area contributed by atoms with Crippen molar-refractivity contribution in [2.75, 3.05) is 11.9 Å². The zero-order valence-corrected chi connectivity index (χ0v) is 14.4. The SMILES string of the molecule is C[C@H](C(=O)Nc1cc(Cl)cc(Cl)c1)[NH+]1CCc2ccccc2C1. The lowest BCUT2D eigenvalue weighted by atomic mass is 9.99. The van der Waals surface area contributed by atoms with Crippen molar-refractivity contribution in [1.29, 1.82) is 0 Å². The number of fused-ring (bicyclic) bond motifs is 1. The van der Waals surface area contributed by atoms with Crippen LogP contribution in [0.25, 0.3) is 0 Å². The van der Waals surface area contributed by atoms with E-state index in [1.54, 1.807) is 18.2 Å². The molecule has 23 heavy (non-hydrogen) atoms. The highest BCUT2D eigenvalue weighted by Gasteiger charge is 2.28. The first-order chi connectivity index (χ1) is 11.0. The molecule has 0 spiro atoms. The number of halogens is 2. The van der Waals surface area contributed by atoms with Crippen LogP contribution in [0.4, 0.5) is 5.69 Å². The number of hydrogen-bond donors (Lipinski definition) is 2. The van der Waals surface area contributed by atoms with Gasteiger partial charge in [-0.15, -0.1) is 0 Å². The van der Waals surface area contributed by atoms with Crippen LogP contribution in [0.15, 0.2) is 42.5 Å². The van der Waals surface area contributed by atoms with Crippen LogP contribution in [0.2, 0.25) is 10.0 Å². The summed E-state index contributed by atoms with van der Waals surface area (Å²) in [5.41, 5.74) is 3.36. The summed E-state index contributed by atoms with van der Waals surface area (Å²) in [6.07, 6.45) is 1.01. The predicted molar refractivity (Wildman–Crippen MR) is 94.2 cm³/mol. The monoisotopic (exact) mass is 349 g/mol. The maximum atomic E-state index is 12.5. The van der Waals surface area contributed by atoms with Gasteiger partial charge in [0, 0.05) is 27.7 Å². The fraction of sp³-hybridized carbons (Fsp3) is 0.278. The van der Waals surface area contributed by atoms with Gasteiger partial charge in [-0.05, 0) is 30.7 Å². The molecule has 1 heterocycles. The minimum atomic E-state index is -0.138. The molecule has 1 aliphatic heterocycles. The molecule has 2 aromatic carbocycles. The molecule has 2 atom stereocenters. The summed E-state index contributed by atoms with van der Waals surface area (Å²) in [5.74, 6) is -0.0160. The summed E-state index contributed by atoms with van der Waals surface area (Å²) < 4.78 is 0. The number of quaternary nitrogens is 1. The van der Waals surface area contributed by atoms with Crippen LogP contribution in [-0.2, 0) is 17.8 Å². The van der Waals surface area contributed by atoms with Crippen LogP contribution < -0.4 is 10.2 Å². The van der Waals surface area contributed by atoms with Gasteiger partial charge in [0.2, 0.25) is 0 Å². The fourth-order valence-corrected chi connectivity index (χ4v) is 3.56. The van der Waals surface area contributed by atoms with E-state index in [2.05, 4.69) is 29.6 Å². The Morgan fingerprint density at radius 3 is 2.48 bits per heavy atom. The Labute approximate surface area is 146 Å². The highest BCUT2D eigenvalue weighted by Crippen LogP contribution is 2.22. The summed E-state index contributed by atoms with van der Waals surface area (Å²) in [6, 6.07) is 13.4. The maximum absolute atomic E-state index is 12.5. The Hall–Kier alpha value is -1.55. The van der Waals surface area contributed by atoms with Crippen molar-refractivity contribution in [3.05, 3.63) is 63.6 Å². The zero-order valence-electron chi connectivity index (χ0n) is 12.9. The van der Waals surface area contributed by atoms with E-state index in [0.29, 0.717) is 15.7 Å². The van der Waals surface area contributed by atoms with E-state index in [1.165, 1.54) is 16.0 Å². The number of anilines is 1. The molecule has 2 N–H and O–H groups in total. The highest BCUT2D eigenvalue weighted by atomic mass is 35.5. The summed E-state index contributed by atoms with van der Waals surface area (Å²) in [6.45, 7) is 3.80. The molecule has 0 saturated heterocycles. The number of carbonyl (C=O) groups excluding carboxylic acids is 1. The van der Waals surface area contributed by atoms with Crippen molar-refractivity contribution in [1.82, 2.24) is 0 Å². The molecule has 1 amide bonds. The zero-order chi connectivity index (χ0) is 16.4. The largest absolute Gasteiger partial charge is 0.321 e. The van der Waals surface area contributed by atoms with Gasteiger partial charge in [-0.3, -0.25) is 4.79 Å². The number of nitrogens with one attached hydrogen (secondary N) is 2. The summed E-state index contributed by atoms with van der Waals surface area (Å²) >= 11 is 12.0. The molecule has 0 radical (unpaired) electrons. The minimum absolute atomic E-state index is 0.0160. The summed E-state index contributed by atoms with van der Waals surface area (Å²) in [5, 5.41) is 3.94. The summed E-state index contributed by atoms with van der Waals surface area (Å²) in [7, 11) is 0. The van der Waals surface area contributed by atoms with Crippen molar-refractivity contribution in [2.24, 2.45) is 0 Å². The first-order valence-electron chi connectivity index (χ1n) is 7.71. The van der Waals surface area contributed by atoms with Crippen molar-refractivity contribution in [3.8, 4) is 0 Å². The Bertz CT molecular complexity index is 712. The lowest BCUT2D eigenvalue weighted by Gasteiger charge is -2.30. The number of hydrogen-bond acceptors (Lipinski definition) is 1. The van der Waals surface area contributed by atoms with E-state index in [4.69, 9.17) is 23.2 Å². The van der Waals surface area contributed by atoms with E-state index >= 15 is 0 Å². The molecule has 1 aliphatic rings. The number of benzene rings is 2. The van der Waals surface area contributed by atoms with Crippen molar-refractivity contribution >= 4 is 34.8 Å². The maximum Gasteiger partial charge on any atom is 0.282 e. The topological polar surface area (TPSA) is 33.5 Å². The predicted octanol–water partition coefficient (Wildman–Crippen LogP) is 2.96. The van der Waals surface area contributed by atoms with Gasteiger partial charge in [0.05, 0.1) is 6.54 Å². The Balaban J connectivity index is 1.68. The van der Waals surface area contributed by atoms with Gasteiger partial charge >= 0.3 is 0 Å². The normalized spacial score (nSPS) is 18.1. The van der Waals surface area contributed by atoms with Crippen LogP contribution in [0, 0.1) is 0 Å². The average Bonchev–Trinajstić information content (AvgIpc) is 2.52. The first-order valence-corrected chi connectivity index (χ1v) is 8.47. The standard InChI is InChI=1S/C18H18Cl2N2O/c1-12(18(23)21-17-9-15(19)8-16(20)10-17)22-7-6-13-4-2-3-5-14(13)11-22/h2-5,8-10,12H,6-7,11H2,1H3,(H,21,23)/p+1/t12-/m1/s1. The quantitative estimate of drug-likeness (QED) is 0.877. The average molecular weight is 350 g/mol. The Morgan fingerprint density at radius 1 is 1.13 bits per heavy atom. The van der Waals surface area contributed by atoms with E-state index in [-0.39, 0.29) is 11.9 Å². The molecule has 0 aromatic heterocycles. The molecule has 2 aromatic rings. The number of rotatable bonds is 3. The third-order valence-corrected chi connectivity index (χ3v) is 4.82. The second-order valence-electron chi connectivity index (χ2n) is 5.97. The van der Waals surface area contributed by atoms with Gasteiger partial charge in [0.25, 0.3) is 5.91 Å². The first kappa shape index (κ1) is 16.3. The van der Waals surface area contributed by atoms with Gasteiger partial charge in [-0.25, -0.2) is 0 Å². The third-order valence-electron chi connectivity index (χ3n) is 4.39. The van der Waals surface area contributed by atoms with Crippen molar-refractivity contribution in [3.63, 3.8) is 0 Å². The number of carbonyl (C=O) groups is 1. The molecule has 0 bridgehead atoms. The molecular weight excluding hydrogens is 331 g/mol. The molecule has 1 unspecified atom stereocenters. The third kappa shape index (κ3) is 3.86. The van der Waals surface area contributed by atoms with Gasteiger partial charge in [-0.2, -0.15) is 0 Å². The second-order valence-corrected chi connectivity index (χ2v) is 6.85. The molecule has 0 saturated carbocycles. The lowest BCUT2D eigenvalue weighted by Crippen LogP contribution is -3.16. The van der Waals surface area contributed by atoms with E-state index in [0.717, 1.165) is 19.5 Å². The second kappa shape index (κ2) is 6.91. The van der Waals surface area contributed by atoms with E-state index in [9.17, 15) is 4.79 Å². The van der Waals surface area contributed by atoms with Crippen LogP contribution in [0.5, 0.6) is 0 Å². The minimum Gasteiger partial charge on any atom is -0.321 e. The molecule has 3 nitrogen and oxygen atoms in total. The molecule has 0 aliphatic carbocycles. The van der Waals surface area contributed by atoms with Crippen molar-refractivity contribution < 1.29 is 9.69 Å². The van der Waals surface area contributed by atoms with E-state index in [1.807, 2.05) is 6.92 Å². The molecule has 0 fully saturated rings. The van der Waals surface area contributed by atoms with Gasteiger partial charge in [0.1, 0.15) is 6.54 Å². The Kier molecular flexibility index (Phi) is 4.90. The smallest absolute Gasteiger partial charge is 0.282 e. The fourth-order valence-electron chi connectivity index (χ4n) is 3.03. The van der Waals surface area contributed by atoms with Crippen LogP contribution in [0.3, 0.4) is 0 Å². The molecule has 3 rings (SSSR count). The van der Waals surface area contributed by atoms with Crippen LogP contribution in [0.1, 0.15) is 18.1 Å². The Morgan fingerprint density at radius 2 is 1.78 bits per heavy atom. The lowest BCUT2D eigenvalue weighted by molar-refractivity contribution is -0.929. The molecule has 120 valence electrons.